The Labute approximate surface area is 102 Å². The molecule has 1 amide bonds. The summed E-state index contributed by atoms with van der Waals surface area (Å²) < 4.78 is 2.82. The van der Waals surface area contributed by atoms with Gasteiger partial charge >= 0.3 is 6.09 Å². The fraction of sp³-hybridized carbons (Fsp3) is 0.600. The first-order chi connectivity index (χ1) is 7.50. The SMILES string of the molecule is CN(Cc1nn(C)c(C2CC2)c1Br)C(=O)O. The topological polar surface area (TPSA) is 58.4 Å². The van der Waals surface area contributed by atoms with Gasteiger partial charge in [0.2, 0.25) is 0 Å². The van der Waals surface area contributed by atoms with Crippen LogP contribution < -0.4 is 0 Å². The number of hydrogen-bond acceptors (Lipinski definition) is 2. The number of carbonyl (C=O) groups is 1. The van der Waals surface area contributed by atoms with Crippen molar-refractivity contribution in [3.8, 4) is 0 Å². The van der Waals surface area contributed by atoms with Crippen LogP contribution in [-0.2, 0) is 13.6 Å². The molecular weight excluding hydrogens is 274 g/mol. The summed E-state index contributed by atoms with van der Waals surface area (Å²) in [7, 11) is 3.45. The summed E-state index contributed by atoms with van der Waals surface area (Å²) in [6, 6.07) is 0. The number of aromatic nitrogens is 2. The van der Waals surface area contributed by atoms with Gasteiger partial charge in [-0.05, 0) is 28.8 Å². The van der Waals surface area contributed by atoms with Gasteiger partial charge in [-0.1, -0.05) is 0 Å². The summed E-state index contributed by atoms with van der Waals surface area (Å²) in [5.41, 5.74) is 1.98. The van der Waals surface area contributed by atoms with E-state index in [9.17, 15) is 4.79 Å². The van der Waals surface area contributed by atoms with Crippen molar-refractivity contribution in [3.63, 3.8) is 0 Å². The Bertz CT molecular complexity index is 426. The fourth-order valence-electron chi connectivity index (χ4n) is 1.76. The molecular formula is C10H14BrN3O2. The average Bonchev–Trinajstić information content (AvgIpc) is 2.97. The number of aryl methyl sites for hydroxylation is 1. The molecule has 1 heterocycles. The second-order valence-electron chi connectivity index (χ2n) is 4.18. The van der Waals surface area contributed by atoms with E-state index < -0.39 is 6.09 Å². The molecule has 1 saturated carbocycles. The third-order valence-electron chi connectivity index (χ3n) is 2.78. The smallest absolute Gasteiger partial charge is 0.407 e. The summed E-state index contributed by atoms with van der Waals surface area (Å²) in [5.74, 6) is 0.593. The number of rotatable bonds is 3. The highest BCUT2D eigenvalue weighted by Gasteiger charge is 2.31. The van der Waals surface area contributed by atoms with Crippen molar-refractivity contribution in [1.82, 2.24) is 14.7 Å². The van der Waals surface area contributed by atoms with Gasteiger partial charge in [0.05, 0.1) is 22.4 Å². The Morgan fingerprint density at radius 3 is 2.81 bits per heavy atom. The lowest BCUT2D eigenvalue weighted by Gasteiger charge is -2.10. The minimum Gasteiger partial charge on any atom is -0.465 e. The van der Waals surface area contributed by atoms with Gasteiger partial charge in [0.25, 0.3) is 0 Å². The molecule has 2 rings (SSSR count). The second-order valence-corrected chi connectivity index (χ2v) is 4.98. The molecule has 0 bridgehead atoms. The lowest BCUT2D eigenvalue weighted by molar-refractivity contribution is 0.153. The number of hydrogen-bond donors (Lipinski definition) is 1. The summed E-state index contributed by atoms with van der Waals surface area (Å²) in [5, 5.41) is 13.2. The van der Waals surface area contributed by atoms with Crippen LogP contribution in [-0.4, -0.2) is 32.9 Å². The molecule has 0 spiro atoms. The Morgan fingerprint density at radius 1 is 1.69 bits per heavy atom. The van der Waals surface area contributed by atoms with Gasteiger partial charge in [0.1, 0.15) is 0 Å². The molecule has 1 aromatic heterocycles. The van der Waals surface area contributed by atoms with E-state index >= 15 is 0 Å². The maximum Gasteiger partial charge on any atom is 0.407 e. The maximum atomic E-state index is 10.7. The van der Waals surface area contributed by atoms with E-state index in [0.29, 0.717) is 12.5 Å². The van der Waals surface area contributed by atoms with Gasteiger partial charge in [-0.25, -0.2) is 4.79 Å². The lowest BCUT2D eigenvalue weighted by atomic mass is 10.2. The van der Waals surface area contributed by atoms with Gasteiger partial charge in [-0.15, -0.1) is 0 Å². The summed E-state index contributed by atoms with van der Waals surface area (Å²) in [6.07, 6.45) is 1.46. The molecule has 0 atom stereocenters. The van der Waals surface area contributed by atoms with E-state index in [0.717, 1.165) is 10.2 Å². The Morgan fingerprint density at radius 2 is 2.31 bits per heavy atom. The number of carboxylic acid groups (broad SMARTS) is 1. The maximum absolute atomic E-state index is 10.7. The molecule has 1 N–H and O–H groups in total. The molecule has 1 aliphatic carbocycles. The fourth-order valence-corrected chi connectivity index (χ4v) is 2.55. The van der Waals surface area contributed by atoms with Crippen LogP contribution in [0, 0.1) is 0 Å². The monoisotopic (exact) mass is 287 g/mol. The number of halogens is 1. The minimum absolute atomic E-state index is 0.316. The average molecular weight is 288 g/mol. The predicted octanol–water partition coefficient (Wildman–Crippen LogP) is 2.17. The highest BCUT2D eigenvalue weighted by Crippen LogP contribution is 2.44. The third-order valence-corrected chi connectivity index (χ3v) is 3.64. The van der Waals surface area contributed by atoms with Crippen molar-refractivity contribution in [1.29, 1.82) is 0 Å². The van der Waals surface area contributed by atoms with E-state index in [-0.39, 0.29) is 0 Å². The standard InChI is InChI=1S/C10H14BrN3O2/c1-13(10(15)16)5-7-8(11)9(6-3-4-6)14(2)12-7/h6H,3-5H2,1-2H3,(H,15,16). The molecule has 0 saturated heterocycles. The van der Waals surface area contributed by atoms with E-state index in [1.54, 1.807) is 7.05 Å². The van der Waals surface area contributed by atoms with Crippen LogP contribution in [0.2, 0.25) is 0 Å². The molecule has 16 heavy (non-hydrogen) atoms. The van der Waals surface area contributed by atoms with Crippen LogP contribution in [0.5, 0.6) is 0 Å². The molecule has 88 valence electrons. The molecule has 1 aromatic rings. The van der Waals surface area contributed by atoms with E-state index in [2.05, 4.69) is 21.0 Å². The van der Waals surface area contributed by atoms with Crippen LogP contribution in [0.25, 0.3) is 0 Å². The van der Waals surface area contributed by atoms with Crippen molar-refractivity contribution in [2.24, 2.45) is 7.05 Å². The highest BCUT2D eigenvalue weighted by atomic mass is 79.9. The zero-order chi connectivity index (χ0) is 11.9. The first-order valence-corrected chi connectivity index (χ1v) is 5.95. The van der Waals surface area contributed by atoms with Crippen LogP contribution in [0.15, 0.2) is 4.47 Å². The molecule has 0 unspecified atom stereocenters. The number of nitrogens with zero attached hydrogens (tertiary/aromatic N) is 3. The molecule has 0 aliphatic heterocycles. The zero-order valence-corrected chi connectivity index (χ0v) is 10.9. The Kier molecular flexibility index (Phi) is 2.92. The first-order valence-electron chi connectivity index (χ1n) is 5.16. The van der Waals surface area contributed by atoms with E-state index in [1.165, 1.54) is 23.4 Å². The molecule has 6 heteroatoms. The summed E-state index contributed by atoms with van der Waals surface area (Å²) in [4.78, 5) is 12.0. The normalized spacial score (nSPS) is 15.2. The first kappa shape index (κ1) is 11.4. The summed E-state index contributed by atoms with van der Waals surface area (Å²) >= 11 is 3.52. The van der Waals surface area contributed by atoms with E-state index in [4.69, 9.17) is 5.11 Å². The Hall–Kier alpha value is -1.04. The largest absolute Gasteiger partial charge is 0.465 e. The van der Waals surface area contributed by atoms with Gasteiger partial charge in [0, 0.05) is 20.0 Å². The van der Waals surface area contributed by atoms with Crippen molar-refractivity contribution in [2.45, 2.75) is 25.3 Å². The number of amides is 1. The molecule has 1 fully saturated rings. The van der Waals surface area contributed by atoms with Crippen molar-refractivity contribution < 1.29 is 9.90 Å². The predicted molar refractivity (Wildman–Crippen MR) is 62.4 cm³/mol. The van der Waals surface area contributed by atoms with Gasteiger partial charge in [-0.3, -0.25) is 4.68 Å². The summed E-state index contributed by atoms with van der Waals surface area (Å²) in [6.45, 7) is 0.316. The molecule has 0 aromatic carbocycles. The quantitative estimate of drug-likeness (QED) is 0.927. The van der Waals surface area contributed by atoms with Gasteiger partial charge < -0.3 is 10.0 Å². The molecule has 1 aliphatic rings. The Balaban J connectivity index is 2.21. The minimum atomic E-state index is -0.939. The molecule has 5 nitrogen and oxygen atoms in total. The van der Waals surface area contributed by atoms with Crippen LogP contribution >= 0.6 is 15.9 Å². The van der Waals surface area contributed by atoms with Crippen molar-refractivity contribution >= 4 is 22.0 Å². The highest BCUT2D eigenvalue weighted by molar-refractivity contribution is 9.10. The van der Waals surface area contributed by atoms with E-state index in [1.807, 2.05) is 11.7 Å². The van der Waals surface area contributed by atoms with Crippen LogP contribution in [0.1, 0.15) is 30.1 Å². The lowest BCUT2D eigenvalue weighted by Crippen LogP contribution is -2.24. The third kappa shape index (κ3) is 2.07. The van der Waals surface area contributed by atoms with Crippen LogP contribution in [0.3, 0.4) is 0 Å². The van der Waals surface area contributed by atoms with Gasteiger partial charge in [-0.2, -0.15) is 5.10 Å². The van der Waals surface area contributed by atoms with Crippen molar-refractivity contribution in [2.75, 3.05) is 7.05 Å². The zero-order valence-electron chi connectivity index (χ0n) is 9.27. The van der Waals surface area contributed by atoms with Crippen LogP contribution in [0.4, 0.5) is 4.79 Å². The van der Waals surface area contributed by atoms with Gasteiger partial charge in [0.15, 0.2) is 0 Å². The second kappa shape index (κ2) is 4.08. The molecule has 0 radical (unpaired) electrons. The van der Waals surface area contributed by atoms with Crippen molar-refractivity contribution in [3.05, 3.63) is 15.9 Å².